The molecule has 0 fully saturated rings. The molecule has 0 aliphatic carbocycles. The lowest BCUT2D eigenvalue weighted by Crippen LogP contribution is -1.76. The summed E-state index contributed by atoms with van der Waals surface area (Å²) in [5.74, 6) is 6.28. The van der Waals surface area contributed by atoms with Crippen LogP contribution in [0.4, 0.5) is 0 Å². The second kappa shape index (κ2) is 4.95. The summed E-state index contributed by atoms with van der Waals surface area (Å²) >= 11 is 1.70. The van der Waals surface area contributed by atoms with Crippen molar-refractivity contribution in [1.29, 1.82) is 0 Å². The Hall–Kier alpha value is -0.810. The summed E-state index contributed by atoms with van der Waals surface area (Å²) in [7, 11) is 0. The Morgan fingerprint density at radius 3 is 2.83 bits per heavy atom. The zero-order valence-corrected chi connectivity index (χ0v) is 7.99. The second-order valence-corrected chi connectivity index (χ2v) is 3.40. The van der Waals surface area contributed by atoms with Crippen LogP contribution in [0.25, 0.3) is 0 Å². The molecule has 0 radical (unpaired) electrons. The van der Waals surface area contributed by atoms with Gasteiger partial charge in [-0.3, -0.25) is 0 Å². The van der Waals surface area contributed by atoms with E-state index in [1.54, 1.807) is 11.8 Å². The fourth-order valence-electron chi connectivity index (χ4n) is 0.900. The van der Waals surface area contributed by atoms with E-state index in [4.69, 9.17) is 10.8 Å². The highest BCUT2D eigenvalue weighted by molar-refractivity contribution is 7.98. The van der Waals surface area contributed by atoms with Gasteiger partial charge >= 0.3 is 0 Å². The maximum atomic E-state index is 5.49. The average molecular weight is 180 g/mol. The first-order chi connectivity index (χ1) is 5.86. The Bertz CT molecular complexity index is 270. The quantitative estimate of drug-likeness (QED) is 0.522. The summed E-state index contributed by atoms with van der Waals surface area (Å²) in [6.45, 7) is 2.08. The molecular formula is C10H12OS. The Morgan fingerprint density at radius 1 is 1.50 bits per heavy atom. The Morgan fingerprint density at radius 2 is 2.25 bits per heavy atom. The second-order valence-electron chi connectivity index (χ2n) is 2.42. The van der Waals surface area contributed by atoms with Crippen molar-refractivity contribution in [3.05, 3.63) is 23.7 Å². The van der Waals surface area contributed by atoms with Gasteiger partial charge in [0.25, 0.3) is 0 Å². The maximum Gasteiger partial charge on any atom is 0.114 e. The molecule has 0 saturated carbocycles. The molecule has 0 unspecified atom stereocenters. The smallest absolute Gasteiger partial charge is 0.114 e. The van der Waals surface area contributed by atoms with Gasteiger partial charge in [-0.05, 0) is 12.1 Å². The summed E-state index contributed by atoms with van der Waals surface area (Å²) in [6, 6.07) is 4.04. The summed E-state index contributed by atoms with van der Waals surface area (Å²) in [6.07, 6.45) is 6.08. The molecule has 0 aliphatic heterocycles. The van der Waals surface area contributed by atoms with E-state index in [0.717, 1.165) is 29.4 Å². The van der Waals surface area contributed by atoms with E-state index in [-0.39, 0.29) is 0 Å². The summed E-state index contributed by atoms with van der Waals surface area (Å²) < 4.78 is 5.49. The van der Waals surface area contributed by atoms with E-state index in [2.05, 4.69) is 12.8 Å². The average Bonchev–Trinajstić information content (AvgIpc) is 2.53. The van der Waals surface area contributed by atoms with E-state index < -0.39 is 0 Å². The highest BCUT2D eigenvalue weighted by atomic mass is 32.2. The molecule has 0 N–H and O–H groups in total. The largest absolute Gasteiger partial charge is 0.465 e. The van der Waals surface area contributed by atoms with E-state index >= 15 is 0 Å². The maximum absolute atomic E-state index is 5.49. The van der Waals surface area contributed by atoms with Gasteiger partial charge in [0.1, 0.15) is 11.5 Å². The van der Waals surface area contributed by atoms with Gasteiger partial charge in [0.15, 0.2) is 0 Å². The van der Waals surface area contributed by atoms with Gasteiger partial charge in [0.2, 0.25) is 0 Å². The minimum Gasteiger partial charge on any atom is -0.465 e. The third-order valence-electron chi connectivity index (χ3n) is 1.50. The molecule has 12 heavy (non-hydrogen) atoms. The normalized spacial score (nSPS) is 9.67. The van der Waals surface area contributed by atoms with Gasteiger partial charge < -0.3 is 4.42 Å². The first kappa shape index (κ1) is 9.28. The van der Waals surface area contributed by atoms with E-state index in [1.165, 1.54) is 0 Å². The van der Waals surface area contributed by atoms with Gasteiger partial charge in [0, 0.05) is 6.42 Å². The number of thioether (sulfide) groups is 1. The molecule has 0 saturated heterocycles. The molecule has 1 aromatic rings. The summed E-state index contributed by atoms with van der Waals surface area (Å²) in [5, 5.41) is 0. The molecule has 1 aromatic heterocycles. The van der Waals surface area contributed by atoms with Crippen LogP contribution in [0.1, 0.15) is 18.4 Å². The summed E-state index contributed by atoms with van der Waals surface area (Å²) in [4.78, 5) is 0. The van der Waals surface area contributed by atoms with Gasteiger partial charge in [-0.2, -0.15) is 0 Å². The molecule has 0 spiro atoms. The lowest BCUT2D eigenvalue weighted by atomic mass is 10.4. The molecule has 64 valence electrons. The lowest BCUT2D eigenvalue weighted by Gasteiger charge is -1.92. The first-order valence-electron chi connectivity index (χ1n) is 3.95. The SMILES string of the molecule is C#CCSCc1ccc(CC)o1. The van der Waals surface area contributed by atoms with Gasteiger partial charge in [-0.25, -0.2) is 0 Å². The Kier molecular flexibility index (Phi) is 3.83. The number of terminal acetylenes is 1. The van der Waals surface area contributed by atoms with Crippen molar-refractivity contribution in [2.75, 3.05) is 5.75 Å². The highest BCUT2D eigenvalue weighted by Crippen LogP contribution is 2.15. The van der Waals surface area contributed by atoms with E-state index in [1.807, 2.05) is 12.1 Å². The van der Waals surface area contributed by atoms with Crippen molar-refractivity contribution in [2.24, 2.45) is 0 Å². The monoisotopic (exact) mass is 180 g/mol. The van der Waals surface area contributed by atoms with Crippen molar-refractivity contribution in [1.82, 2.24) is 0 Å². The van der Waals surface area contributed by atoms with Crippen LogP contribution in [-0.4, -0.2) is 5.75 Å². The third-order valence-corrected chi connectivity index (χ3v) is 2.35. The number of rotatable bonds is 4. The zero-order valence-electron chi connectivity index (χ0n) is 7.17. The fourth-order valence-corrected chi connectivity index (χ4v) is 1.48. The molecule has 0 aromatic carbocycles. The predicted molar refractivity (Wildman–Crippen MR) is 53.1 cm³/mol. The van der Waals surface area contributed by atoms with Crippen LogP contribution in [0.2, 0.25) is 0 Å². The van der Waals surface area contributed by atoms with Gasteiger partial charge in [-0.15, -0.1) is 18.2 Å². The minimum atomic E-state index is 0.752. The third kappa shape index (κ3) is 2.67. The van der Waals surface area contributed by atoms with Crippen LogP contribution in [0.15, 0.2) is 16.5 Å². The molecule has 1 rings (SSSR count). The molecule has 0 aliphatic rings. The first-order valence-corrected chi connectivity index (χ1v) is 5.11. The van der Waals surface area contributed by atoms with Crippen LogP contribution >= 0.6 is 11.8 Å². The Balaban J connectivity index is 2.37. The fraction of sp³-hybridized carbons (Fsp3) is 0.400. The molecule has 0 amide bonds. The Labute approximate surface area is 77.5 Å². The predicted octanol–water partition coefficient (Wildman–Crippen LogP) is 2.71. The summed E-state index contributed by atoms with van der Waals surface area (Å²) in [5.41, 5.74) is 0. The topological polar surface area (TPSA) is 13.1 Å². The molecule has 0 bridgehead atoms. The van der Waals surface area contributed by atoms with Crippen LogP contribution in [0, 0.1) is 12.3 Å². The van der Waals surface area contributed by atoms with Crippen LogP contribution in [-0.2, 0) is 12.2 Å². The van der Waals surface area contributed by atoms with Crippen molar-refractivity contribution in [3.8, 4) is 12.3 Å². The van der Waals surface area contributed by atoms with Crippen molar-refractivity contribution in [3.63, 3.8) is 0 Å². The highest BCUT2D eigenvalue weighted by Gasteiger charge is 1.98. The number of hydrogen-bond donors (Lipinski definition) is 0. The van der Waals surface area contributed by atoms with Crippen molar-refractivity contribution >= 4 is 11.8 Å². The van der Waals surface area contributed by atoms with Crippen LogP contribution in [0.3, 0.4) is 0 Å². The van der Waals surface area contributed by atoms with Crippen LogP contribution < -0.4 is 0 Å². The van der Waals surface area contributed by atoms with E-state index in [9.17, 15) is 0 Å². The standard InChI is InChI=1S/C10H12OS/c1-3-7-12-8-10-6-5-9(4-2)11-10/h1,5-6H,4,7-8H2,2H3. The van der Waals surface area contributed by atoms with Gasteiger partial charge in [-0.1, -0.05) is 12.8 Å². The van der Waals surface area contributed by atoms with Crippen LogP contribution in [0.5, 0.6) is 0 Å². The zero-order chi connectivity index (χ0) is 8.81. The molecule has 0 atom stereocenters. The molecule has 2 heteroatoms. The molecular weight excluding hydrogens is 168 g/mol. The molecule has 1 heterocycles. The number of aryl methyl sites for hydroxylation is 1. The van der Waals surface area contributed by atoms with Crippen molar-refractivity contribution in [2.45, 2.75) is 19.1 Å². The van der Waals surface area contributed by atoms with E-state index in [0.29, 0.717) is 0 Å². The van der Waals surface area contributed by atoms with Gasteiger partial charge in [0.05, 0.1) is 11.5 Å². The number of hydrogen-bond acceptors (Lipinski definition) is 2. The number of furan rings is 1. The minimum absolute atomic E-state index is 0.752. The lowest BCUT2D eigenvalue weighted by molar-refractivity contribution is 0.485. The molecule has 1 nitrogen and oxygen atoms in total. The van der Waals surface area contributed by atoms with Crippen molar-refractivity contribution < 1.29 is 4.42 Å².